The van der Waals surface area contributed by atoms with Crippen LogP contribution in [-0.4, -0.2) is 164 Å². The van der Waals surface area contributed by atoms with Gasteiger partial charge in [-0.3, -0.25) is 43.3 Å². The van der Waals surface area contributed by atoms with Gasteiger partial charge in [0, 0.05) is 63.6 Å². The number of carboxylic acid groups (broad SMARTS) is 3. The molecule has 1 aromatic heterocycles. The van der Waals surface area contributed by atoms with Crippen molar-refractivity contribution >= 4 is 58.6 Å². The lowest BCUT2D eigenvalue weighted by molar-refractivity contribution is -0.143. The molecule has 0 radical (unpaired) electrons. The lowest BCUT2D eigenvalue weighted by atomic mass is 9.81. The number of Topliss-reactive ketones (excluding diaryl/α,β-unsaturated/α-hetero) is 5. The van der Waals surface area contributed by atoms with Crippen molar-refractivity contribution < 1.29 is 86.9 Å². The van der Waals surface area contributed by atoms with Gasteiger partial charge < -0.3 is 55.0 Å². The standard InChI is InChI=1S/C62H94N4O18/c1-4-18-52(65-43-56(71)62(2,3)55(70)33-27-48-20-14-15-34-63-48)54(69)32-26-46(59(74)75)19-11-10-12-21-50(68)44-82-41-40-81-38-35-64-58(73)45-83-42-39-80-36-17-22-49(67)28-31-53(61(78)79)66-57(72)23-13-8-6-5-7-9-16-37-84-51-29-24-47(25-30-51)60(76)77/h14-15,20,24-25,29-30,34,46,52-53,65H,4-13,16-19,21-23,26-28,31-33,35-45H2,1-3H3,(H,64,73)(H,66,72)(H,74,75)(H,76,77)(H,78,79)/t46-,52+,53+/m1/s1. The average Bonchev–Trinajstić information content (AvgIpc) is 3.66. The van der Waals surface area contributed by atoms with Crippen LogP contribution in [0, 0.1) is 11.3 Å². The molecular weight excluding hydrogens is 1090 g/mol. The van der Waals surface area contributed by atoms with Crippen LogP contribution in [0.25, 0.3) is 0 Å². The van der Waals surface area contributed by atoms with Crippen LogP contribution in [-0.2, 0) is 68.5 Å². The van der Waals surface area contributed by atoms with Crippen LogP contribution in [0.1, 0.15) is 178 Å². The SMILES string of the molecule is CCC[C@H](NCC(=O)C(C)(C)C(=O)CCc1ccccn1)C(=O)CC[C@@H](CCCCCC(=O)COCCOCCNC(=O)COCCOCCCC(=O)CC[C@H](NC(=O)CCCCCCCCCOc1ccc(C(=O)O)cc1)C(=O)O)C(=O)O. The van der Waals surface area contributed by atoms with E-state index in [2.05, 4.69) is 20.9 Å². The summed E-state index contributed by atoms with van der Waals surface area (Å²) in [6.45, 7) is 6.69. The van der Waals surface area contributed by atoms with Crippen molar-refractivity contribution in [1.82, 2.24) is 20.9 Å². The number of aromatic carboxylic acids is 1. The lowest BCUT2D eigenvalue weighted by Gasteiger charge is -2.24. The molecule has 2 rings (SSSR count). The molecule has 0 saturated heterocycles. The Morgan fingerprint density at radius 3 is 1.86 bits per heavy atom. The Labute approximate surface area is 495 Å². The number of carbonyl (C=O) groups is 10. The summed E-state index contributed by atoms with van der Waals surface area (Å²) >= 11 is 0. The topological polar surface area (TPSA) is 327 Å². The van der Waals surface area contributed by atoms with Gasteiger partial charge in [0.25, 0.3) is 0 Å². The van der Waals surface area contributed by atoms with Crippen LogP contribution in [0.5, 0.6) is 5.75 Å². The summed E-state index contributed by atoms with van der Waals surface area (Å²) in [6, 6.07) is 9.95. The number of hydrogen-bond acceptors (Lipinski definition) is 17. The number of amides is 2. The van der Waals surface area contributed by atoms with Crippen LogP contribution in [0.4, 0.5) is 0 Å². The van der Waals surface area contributed by atoms with Crippen molar-refractivity contribution in [2.24, 2.45) is 11.3 Å². The summed E-state index contributed by atoms with van der Waals surface area (Å²) in [7, 11) is 0. The number of ether oxygens (including phenoxy) is 5. The Morgan fingerprint density at radius 1 is 0.548 bits per heavy atom. The number of rotatable bonds is 55. The highest BCUT2D eigenvalue weighted by atomic mass is 16.5. The molecule has 2 amide bonds. The Morgan fingerprint density at radius 2 is 1.19 bits per heavy atom. The molecule has 1 heterocycles. The Kier molecular flexibility index (Phi) is 39.6. The minimum atomic E-state index is -1.24. The summed E-state index contributed by atoms with van der Waals surface area (Å²) in [5.74, 6) is -4.90. The van der Waals surface area contributed by atoms with Crippen LogP contribution in [0.2, 0.25) is 0 Å². The fraction of sp³-hybridized carbons (Fsp3) is 0.661. The first kappa shape index (κ1) is 73.8. The normalized spacial score (nSPS) is 12.4. The monoisotopic (exact) mass is 1180 g/mol. The molecule has 0 spiro atoms. The number of nitrogens with zero attached hydrogens (tertiary/aromatic N) is 1. The Balaban J connectivity index is 1.41. The highest BCUT2D eigenvalue weighted by Crippen LogP contribution is 2.23. The molecule has 2 aromatic rings. The molecule has 22 nitrogen and oxygen atoms in total. The van der Waals surface area contributed by atoms with Gasteiger partial charge in [-0.1, -0.05) is 64.4 Å². The second-order valence-corrected chi connectivity index (χ2v) is 21.4. The zero-order valence-electron chi connectivity index (χ0n) is 49.8. The lowest BCUT2D eigenvalue weighted by Crippen LogP contribution is -2.45. The van der Waals surface area contributed by atoms with E-state index in [1.165, 1.54) is 12.1 Å². The van der Waals surface area contributed by atoms with Crippen molar-refractivity contribution in [2.75, 3.05) is 72.6 Å². The minimum Gasteiger partial charge on any atom is -0.494 e. The van der Waals surface area contributed by atoms with Gasteiger partial charge in [-0.2, -0.15) is 0 Å². The number of carboxylic acids is 3. The second-order valence-electron chi connectivity index (χ2n) is 21.4. The molecule has 22 heteroatoms. The van der Waals surface area contributed by atoms with E-state index in [1.54, 1.807) is 38.2 Å². The summed E-state index contributed by atoms with van der Waals surface area (Å²) in [4.78, 5) is 127. The smallest absolute Gasteiger partial charge is 0.335 e. The Hall–Kier alpha value is -6.33. The predicted octanol–water partition coefficient (Wildman–Crippen LogP) is 7.29. The average molecular weight is 1180 g/mol. The molecule has 1 aromatic carbocycles. The molecule has 0 fully saturated rings. The highest BCUT2D eigenvalue weighted by Gasteiger charge is 2.35. The quantitative estimate of drug-likeness (QED) is 0.0280. The van der Waals surface area contributed by atoms with Crippen molar-refractivity contribution in [3.8, 4) is 5.75 Å². The third kappa shape index (κ3) is 35.1. The first-order valence-corrected chi connectivity index (χ1v) is 29.9. The number of aryl methyl sites for hydroxylation is 1. The number of ketones is 5. The Bertz CT molecular complexity index is 2280. The minimum absolute atomic E-state index is 0.00607. The maximum absolute atomic E-state index is 13.2. The fourth-order valence-electron chi connectivity index (χ4n) is 8.79. The van der Waals surface area contributed by atoms with E-state index in [9.17, 15) is 58.2 Å². The molecule has 470 valence electrons. The largest absolute Gasteiger partial charge is 0.494 e. The highest BCUT2D eigenvalue weighted by molar-refractivity contribution is 6.07. The third-order valence-corrected chi connectivity index (χ3v) is 14.1. The van der Waals surface area contributed by atoms with Crippen molar-refractivity contribution in [3.63, 3.8) is 0 Å². The molecule has 0 bridgehead atoms. The maximum atomic E-state index is 13.2. The number of unbranched alkanes of at least 4 members (excludes halogenated alkanes) is 8. The van der Waals surface area contributed by atoms with Gasteiger partial charge in [-0.15, -0.1) is 0 Å². The maximum Gasteiger partial charge on any atom is 0.335 e. The summed E-state index contributed by atoms with van der Waals surface area (Å²) in [5.41, 5.74) is -0.271. The van der Waals surface area contributed by atoms with Gasteiger partial charge in [0.1, 0.15) is 42.4 Å². The van der Waals surface area contributed by atoms with Gasteiger partial charge in [0.15, 0.2) is 11.6 Å². The summed E-state index contributed by atoms with van der Waals surface area (Å²) in [6.07, 6.45) is 13.1. The zero-order chi connectivity index (χ0) is 61.8. The first-order chi connectivity index (χ1) is 40.3. The van der Waals surface area contributed by atoms with E-state index in [0.29, 0.717) is 70.1 Å². The number of hydrogen-bond donors (Lipinski definition) is 6. The molecule has 0 aliphatic heterocycles. The number of benzene rings is 1. The van der Waals surface area contributed by atoms with Gasteiger partial charge in [-0.25, -0.2) is 9.59 Å². The van der Waals surface area contributed by atoms with Crippen LogP contribution in [0.15, 0.2) is 48.7 Å². The molecule has 0 aliphatic rings. The van der Waals surface area contributed by atoms with E-state index in [1.807, 2.05) is 19.1 Å². The molecular formula is C62H94N4O18. The van der Waals surface area contributed by atoms with Crippen LogP contribution < -0.4 is 20.7 Å². The van der Waals surface area contributed by atoms with E-state index in [-0.39, 0.29) is 164 Å². The summed E-state index contributed by atoms with van der Waals surface area (Å²) in [5, 5.41) is 36.6. The second kappa shape index (κ2) is 45.1. The van der Waals surface area contributed by atoms with Crippen LogP contribution in [0.3, 0.4) is 0 Å². The number of nitrogens with one attached hydrogen (secondary N) is 3. The van der Waals surface area contributed by atoms with Crippen LogP contribution >= 0.6 is 0 Å². The van der Waals surface area contributed by atoms with E-state index in [0.717, 1.165) is 44.2 Å². The number of pyridine rings is 1. The molecule has 0 aliphatic carbocycles. The molecule has 6 N–H and O–H groups in total. The van der Waals surface area contributed by atoms with Crippen molar-refractivity contribution in [3.05, 3.63) is 59.9 Å². The zero-order valence-corrected chi connectivity index (χ0v) is 49.8. The molecule has 84 heavy (non-hydrogen) atoms. The number of aliphatic carboxylic acids is 2. The fourth-order valence-corrected chi connectivity index (χ4v) is 8.79. The first-order valence-electron chi connectivity index (χ1n) is 29.9. The van der Waals surface area contributed by atoms with Crippen molar-refractivity contribution in [2.45, 2.75) is 181 Å². The van der Waals surface area contributed by atoms with Gasteiger partial charge in [0.2, 0.25) is 11.8 Å². The number of aromatic nitrogens is 1. The van der Waals surface area contributed by atoms with Crippen molar-refractivity contribution in [1.29, 1.82) is 0 Å². The summed E-state index contributed by atoms with van der Waals surface area (Å²) < 4.78 is 27.3. The molecule has 3 atom stereocenters. The van der Waals surface area contributed by atoms with Gasteiger partial charge in [0.05, 0.1) is 69.1 Å². The third-order valence-electron chi connectivity index (χ3n) is 14.1. The van der Waals surface area contributed by atoms with E-state index >= 15 is 0 Å². The van der Waals surface area contributed by atoms with E-state index < -0.39 is 41.3 Å². The molecule has 0 unspecified atom stereocenters. The molecule has 0 saturated carbocycles. The number of carbonyl (C=O) groups excluding carboxylic acids is 7. The predicted molar refractivity (Wildman–Crippen MR) is 312 cm³/mol. The van der Waals surface area contributed by atoms with Gasteiger partial charge >= 0.3 is 17.9 Å². The van der Waals surface area contributed by atoms with Gasteiger partial charge in [-0.05, 0) is 108 Å². The van der Waals surface area contributed by atoms with E-state index in [4.69, 9.17) is 28.8 Å².